The average Bonchev–Trinajstić information content (AvgIpc) is 2.26. The first-order chi connectivity index (χ1) is 7.15. The predicted molar refractivity (Wildman–Crippen MR) is 50.8 cm³/mol. The summed E-state index contributed by atoms with van der Waals surface area (Å²) in [6, 6.07) is 8.05. The molecule has 0 aliphatic heterocycles. The molecule has 0 bridgehead atoms. The first-order valence-electron chi connectivity index (χ1n) is 4.01. The quantitative estimate of drug-likeness (QED) is 0.442. The minimum Gasteiger partial charge on any atom is -0.478 e. The molecule has 2 N–H and O–H groups in total. The second-order valence-corrected chi connectivity index (χ2v) is 2.64. The van der Waals surface area contributed by atoms with Crippen LogP contribution in [-0.4, -0.2) is 22.3 Å². The molecule has 0 saturated carbocycles. The van der Waals surface area contributed by atoms with Crippen molar-refractivity contribution in [3.63, 3.8) is 0 Å². The Bertz CT molecular complexity index is 394. The van der Waals surface area contributed by atoms with E-state index in [4.69, 9.17) is 10.4 Å². The van der Waals surface area contributed by atoms with Gasteiger partial charge < -0.3 is 5.11 Å². The van der Waals surface area contributed by atoms with Crippen LogP contribution in [0.15, 0.2) is 36.4 Å². The molecule has 1 aromatic rings. The molecule has 5 nitrogen and oxygen atoms in total. The zero-order chi connectivity index (χ0) is 11.3. The second kappa shape index (κ2) is 4.92. The lowest BCUT2D eigenvalue weighted by Gasteiger charge is -2.02. The number of carboxylic acids is 1. The maximum absolute atomic E-state index is 11.0. The number of hydrogen-bond donors (Lipinski definition) is 2. The first-order valence-corrected chi connectivity index (χ1v) is 4.01. The number of rotatable bonds is 3. The van der Waals surface area contributed by atoms with Crippen molar-refractivity contribution in [2.75, 3.05) is 0 Å². The molecule has 0 fully saturated rings. The minimum absolute atomic E-state index is 0.217. The highest BCUT2D eigenvalue weighted by molar-refractivity contribution is 6.20. The summed E-state index contributed by atoms with van der Waals surface area (Å²) < 4.78 is 0. The van der Waals surface area contributed by atoms with Crippen molar-refractivity contribution in [1.29, 1.82) is 0 Å². The summed E-state index contributed by atoms with van der Waals surface area (Å²) >= 11 is 0. The summed E-state index contributed by atoms with van der Waals surface area (Å²) in [6.45, 7) is 0. The zero-order valence-electron chi connectivity index (χ0n) is 7.58. The molecule has 15 heavy (non-hydrogen) atoms. The lowest BCUT2D eigenvalue weighted by atomic mass is 10.1. The summed E-state index contributed by atoms with van der Waals surface area (Å²) in [5, 5.41) is 16.7. The van der Waals surface area contributed by atoms with E-state index in [2.05, 4.69) is 4.89 Å². The maximum Gasteiger partial charge on any atom is 0.373 e. The highest BCUT2D eigenvalue weighted by Gasteiger charge is 2.14. The highest BCUT2D eigenvalue weighted by Crippen LogP contribution is 2.15. The fourth-order valence-corrected chi connectivity index (χ4v) is 1.05. The van der Waals surface area contributed by atoms with Crippen molar-refractivity contribution in [1.82, 2.24) is 0 Å². The number of carbonyl (C=O) groups is 2. The number of hydrogen-bond acceptors (Lipinski definition) is 4. The minimum atomic E-state index is -1.29. The molecular formula is C10H8O5. The van der Waals surface area contributed by atoms with Crippen molar-refractivity contribution in [3.8, 4) is 0 Å². The summed E-state index contributed by atoms with van der Waals surface area (Å²) in [6.07, 6.45) is 0.674. The molecule has 0 amide bonds. The van der Waals surface area contributed by atoms with Crippen molar-refractivity contribution < 1.29 is 24.8 Å². The van der Waals surface area contributed by atoms with Crippen molar-refractivity contribution in [2.24, 2.45) is 0 Å². The molecule has 0 aromatic heterocycles. The summed E-state index contributed by atoms with van der Waals surface area (Å²) in [7, 11) is 0. The van der Waals surface area contributed by atoms with Gasteiger partial charge in [0.05, 0.1) is 5.57 Å². The van der Waals surface area contributed by atoms with E-state index >= 15 is 0 Å². The number of carbonyl (C=O) groups excluding carboxylic acids is 1. The Hall–Kier alpha value is -2.14. The van der Waals surface area contributed by atoms with Gasteiger partial charge >= 0.3 is 11.9 Å². The van der Waals surface area contributed by atoms with Crippen molar-refractivity contribution in [2.45, 2.75) is 0 Å². The Kier molecular flexibility index (Phi) is 3.59. The highest BCUT2D eigenvalue weighted by atomic mass is 17.1. The van der Waals surface area contributed by atoms with Gasteiger partial charge in [0.1, 0.15) is 0 Å². The van der Waals surface area contributed by atoms with Gasteiger partial charge in [0, 0.05) is 6.08 Å². The molecule has 0 atom stereocenters. The molecular weight excluding hydrogens is 200 g/mol. The van der Waals surface area contributed by atoms with Gasteiger partial charge in [0.2, 0.25) is 0 Å². The Balaban J connectivity index is 3.13. The smallest absolute Gasteiger partial charge is 0.373 e. The molecule has 1 aromatic carbocycles. The van der Waals surface area contributed by atoms with Gasteiger partial charge in [-0.2, -0.15) is 5.26 Å². The van der Waals surface area contributed by atoms with Crippen LogP contribution in [0.3, 0.4) is 0 Å². The Morgan fingerprint density at radius 3 is 2.27 bits per heavy atom. The van der Waals surface area contributed by atoms with E-state index in [1.54, 1.807) is 18.2 Å². The molecule has 1 rings (SSSR count). The van der Waals surface area contributed by atoms with Crippen LogP contribution in [-0.2, 0) is 14.5 Å². The van der Waals surface area contributed by atoms with Crippen LogP contribution in [0.1, 0.15) is 5.56 Å². The molecule has 0 aliphatic carbocycles. The van der Waals surface area contributed by atoms with Crippen LogP contribution < -0.4 is 0 Å². The second-order valence-electron chi connectivity index (χ2n) is 2.64. The van der Waals surface area contributed by atoms with Crippen LogP contribution >= 0.6 is 0 Å². The zero-order valence-corrected chi connectivity index (χ0v) is 7.58. The van der Waals surface area contributed by atoms with Crippen LogP contribution in [0.2, 0.25) is 0 Å². The molecule has 0 radical (unpaired) electrons. The van der Waals surface area contributed by atoms with Gasteiger partial charge in [-0.15, -0.1) is 0 Å². The molecule has 0 spiro atoms. The lowest BCUT2D eigenvalue weighted by Crippen LogP contribution is -2.06. The summed E-state index contributed by atoms with van der Waals surface area (Å²) in [5.41, 5.74) is 0.143. The number of benzene rings is 1. The number of carboxylic acid groups (broad SMARTS) is 1. The topological polar surface area (TPSA) is 83.8 Å². The number of aliphatic carboxylic acids is 1. The molecule has 78 valence electrons. The fourth-order valence-electron chi connectivity index (χ4n) is 1.05. The van der Waals surface area contributed by atoms with E-state index < -0.39 is 11.9 Å². The maximum atomic E-state index is 11.0. The van der Waals surface area contributed by atoms with Gasteiger partial charge in [-0.25, -0.2) is 9.59 Å². The summed E-state index contributed by atoms with van der Waals surface area (Å²) in [5.74, 6) is -2.40. The third kappa shape index (κ3) is 2.92. The Labute approximate surface area is 85.2 Å². The third-order valence-corrected chi connectivity index (χ3v) is 1.66. The largest absolute Gasteiger partial charge is 0.478 e. The predicted octanol–water partition coefficient (Wildman–Crippen LogP) is 1.17. The first kappa shape index (κ1) is 10.9. The van der Waals surface area contributed by atoms with Gasteiger partial charge in [0.15, 0.2) is 0 Å². The van der Waals surface area contributed by atoms with Crippen LogP contribution in [0.25, 0.3) is 5.57 Å². The van der Waals surface area contributed by atoms with E-state index in [1.807, 2.05) is 0 Å². The fraction of sp³-hybridized carbons (Fsp3) is 0. The normalized spacial score (nSPS) is 10.9. The van der Waals surface area contributed by atoms with Gasteiger partial charge in [-0.1, -0.05) is 30.3 Å². The van der Waals surface area contributed by atoms with Crippen LogP contribution in [0.4, 0.5) is 0 Å². The van der Waals surface area contributed by atoms with E-state index in [0.29, 0.717) is 11.6 Å². The van der Waals surface area contributed by atoms with E-state index in [1.165, 1.54) is 12.1 Å². The average molecular weight is 208 g/mol. The standard InChI is InChI=1S/C10H8O5/c11-9(12)6-8(10(13)15-14)7-4-2-1-3-5-7/h1-6,14H,(H,11,12)/b8-6-. The summed E-state index contributed by atoms with van der Waals surface area (Å²) in [4.78, 5) is 25.0. The van der Waals surface area contributed by atoms with Crippen molar-refractivity contribution in [3.05, 3.63) is 42.0 Å². The van der Waals surface area contributed by atoms with Gasteiger partial charge in [-0.3, -0.25) is 4.89 Å². The monoisotopic (exact) mass is 208 g/mol. The van der Waals surface area contributed by atoms with Crippen LogP contribution in [0.5, 0.6) is 0 Å². The Morgan fingerprint density at radius 1 is 1.20 bits per heavy atom. The molecule has 0 heterocycles. The lowest BCUT2D eigenvalue weighted by molar-refractivity contribution is -0.226. The molecule has 0 unspecified atom stereocenters. The van der Waals surface area contributed by atoms with Crippen molar-refractivity contribution >= 4 is 17.5 Å². The Morgan fingerprint density at radius 2 is 1.80 bits per heavy atom. The van der Waals surface area contributed by atoms with E-state index in [9.17, 15) is 9.59 Å². The van der Waals surface area contributed by atoms with Gasteiger partial charge in [0.25, 0.3) is 0 Å². The third-order valence-electron chi connectivity index (χ3n) is 1.66. The molecule has 0 saturated heterocycles. The SMILES string of the molecule is O=C(O)/C=C(\C(=O)OO)c1ccccc1. The van der Waals surface area contributed by atoms with Crippen LogP contribution in [0, 0.1) is 0 Å². The molecule has 0 aliphatic rings. The van der Waals surface area contributed by atoms with E-state index in [-0.39, 0.29) is 5.57 Å². The van der Waals surface area contributed by atoms with E-state index in [0.717, 1.165) is 0 Å². The van der Waals surface area contributed by atoms with Gasteiger partial charge in [-0.05, 0) is 5.56 Å². The molecule has 5 heteroatoms.